The number of hydrogen-bond acceptors (Lipinski definition) is 3. The third-order valence-electron chi connectivity index (χ3n) is 3.50. The zero-order valence-electron chi connectivity index (χ0n) is 13.1. The highest BCUT2D eigenvalue weighted by Gasteiger charge is 1.99. The summed E-state index contributed by atoms with van der Waals surface area (Å²) in [6.07, 6.45) is 5.88. The van der Waals surface area contributed by atoms with Crippen molar-refractivity contribution in [2.45, 2.75) is 0 Å². The first-order valence-electron chi connectivity index (χ1n) is 7.29. The summed E-state index contributed by atoms with van der Waals surface area (Å²) in [7, 11) is 3.32. The maximum atomic E-state index is 5.20. The summed E-state index contributed by atoms with van der Waals surface area (Å²) in [6, 6.07) is 17.6. The second-order valence-corrected chi connectivity index (χ2v) is 5.01. The molecule has 1 heterocycles. The molecule has 0 unspecified atom stereocenters. The van der Waals surface area contributed by atoms with Gasteiger partial charge in [-0.3, -0.25) is 4.99 Å². The molecule has 3 aromatic rings. The SMILES string of the molecule is COc1ccc(-n2ccc(C=Nc3cccc(OC)c3)c2)cc1. The minimum absolute atomic E-state index is 0.801. The Kier molecular flexibility index (Phi) is 4.43. The van der Waals surface area contributed by atoms with E-state index in [4.69, 9.17) is 9.47 Å². The number of methoxy groups -OCH3 is 2. The van der Waals surface area contributed by atoms with Gasteiger partial charge in [0.25, 0.3) is 0 Å². The lowest BCUT2D eigenvalue weighted by Gasteiger charge is -2.04. The fourth-order valence-electron chi connectivity index (χ4n) is 2.24. The predicted molar refractivity (Wildman–Crippen MR) is 92.6 cm³/mol. The topological polar surface area (TPSA) is 35.8 Å². The monoisotopic (exact) mass is 306 g/mol. The van der Waals surface area contributed by atoms with Crippen LogP contribution in [0.2, 0.25) is 0 Å². The molecular formula is C19H18N2O2. The van der Waals surface area contributed by atoms with Gasteiger partial charge in [-0.2, -0.15) is 0 Å². The number of aromatic nitrogens is 1. The fraction of sp³-hybridized carbons (Fsp3) is 0.105. The highest BCUT2D eigenvalue weighted by atomic mass is 16.5. The molecular weight excluding hydrogens is 288 g/mol. The molecule has 0 atom stereocenters. The lowest BCUT2D eigenvalue weighted by Crippen LogP contribution is -1.90. The molecule has 116 valence electrons. The Morgan fingerprint density at radius 1 is 0.913 bits per heavy atom. The first-order valence-corrected chi connectivity index (χ1v) is 7.29. The molecule has 0 aliphatic rings. The van der Waals surface area contributed by atoms with Crippen LogP contribution in [0.25, 0.3) is 5.69 Å². The summed E-state index contributed by atoms with van der Waals surface area (Å²) in [5, 5.41) is 0. The number of aliphatic imine (C=N–C) groups is 1. The number of ether oxygens (including phenoxy) is 2. The largest absolute Gasteiger partial charge is 0.497 e. The number of benzene rings is 2. The molecule has 0 amide bonds. The molecule has 0 radical (unpaired) electrons. The molecule has 0 saturated heterocycles. The third kappa shape index (κ3) is 3.61. The number of nitrogens with zero attached hydrogens (tertiary/aromatic N) is 2. The van der Waals surface area contributed by atoms with E-state index in [-0.39, 0.29) is 0 Å². The second-order valence-electron chi connectivity index (χ2n) is 5.01. The molecule has 0 saturated carbocycles. The Hall–Kier alpha value is -3.01. The zero-order chi connectivity index (χ0) is 16.1. The van der Waals surface area contributed by atoms with Crippen molar-refractivity contribution in [3.8, 4) is 17.2 Å². The van der Waals surface area contributed by atoms with E-state index in [0.29, 0.717) is 0 Å². The molecule has 0 N–H and O–H groups in total. The van der Waals surface area contributed by atoms with Crippen LogP contribution in [-0.4, -0.2) is 25.0 Å². The standard InChI is InChI=1S/C19H18N2O2/c1-22-18-8-6-17(7-9-18)21-11-10-15(14-21)13-20-16-4-3-5-19(12-16)23-2/h3-14H,1-2H3. The van der Waals surface area contributed by atoms with E-state index in [1.165, 1.54) is 0 Å². The Bertz CT molecular complexity index is 804. The van der Waals surface area contributed by atoms with Crippen molar-refractivity contribution in [3.63, 3.8) is 0 Å². The lowest BCUT2D eigenvalue weighted by molar-refractivity contribution is 0.414. The predicted octanol–water partition coefficient (Wildman–Crippen LogP) is 4.25. The first kappa shape index (κ1) is 14.9. The molecule has 0 fully saturated rings. The Morgan fingerprint density at radius 2 is 1.70 bits per heavy atom. The van der Waals surface area contributed by atoms with E-state index >= 15 is 0 Å². The van der Waals surface area contributed by atoms with Gasteiger partial charge >= 0.3 is 0 Å². The van der Waals surface area contributed by atoms with Gasteiger partial charge < -0.3 is 14.0 Å². The highest BCUT2D eigenvalue weighted by molar-refractivity contribution is 5.82. The van der Waals surface area contributed by atoms with Gasteiger partial charge in [-0.15, -0.1) is 0 Å². The smallest absolute Gasteiger partial charge is 0.121 e. The van der Waals surface area contributed by atoms with Gasteiger partial charge in [0.05, 0.1) is 19.9 Å². The maximum Gasteiger partial charge on any atom is 0.121 e. The lowest BCUT2D eigenvalue weighted by atomic mass is 10.3. The van der Waals surface area contributed by atoms with Crippen molar-refractivity contribution < 1.29 is 9.47 Å². The zero-order valence-corrected chi connectivity index (χ0v) is 13.1. The van der Waals surface area contributed by atoms with Crippen LogP contribution in [-0.2, 0) is 0 Å². The van der Waals surface area contributed by atoms with E-state index in [2.05, 4.69) is 4.99 Å². The Balaban J connectivity index is 1.77. The molecule has 1 aromatic heterocycles. The van der Waals surface area contributed by atoms with Crippen molar-refractivity contribution in [1.29, 1.82) is 0 Å². The van der Waals surface area contributed by atoms with E-state index in [1.54, 1.807) is 14.2 Å². The molecule has 23 heavy (non-hydrogen) atoms. The van der Waals surface area contributed by atoms with E-state index < -0.39 is 0 Å². The van der Waals surface area contributed by atoms with Crippen molar-refractivity contribution in [3.05, 3.63) is 72.6 Å². The molecule has 0 bridgehead atoms. The van der Waals surface area contributed by atoms with Crippen molar-refractivity contribution in [1.82, 2.24) is 4.57 Å². The average molecular weight is 306 g/mol. The summed E-state index contributed by atoms with van der Waals surface area (Å²) in [5.74, 6) is 1.65. The van der Waals surface area contributed by atoms with Gasteiger partial charge in [-0.25, -0.2) is 0 Å². The highest BCUT2D eigenvalue weighted by Crippen LogP contribution is 2.20. The van der Waals surface area contributed by atoms with Crippen LogP contribution in [0, 0.1) is 0 Å². The third-order valence-corrected chi connectivity index (χ3v) is 3.50. The second kappa shape index (κ2) is 6.83. The summed E-state index contributed by atoms with van der Waals surface area (Å²) in [4.78, 5) is 4.48. The molecule has 2 aromatic carbocycles. The summed E-state index contributed by atoms with van der Waals surface area (Å²) < 4.78 is 12.4. The number of hydrogen-bond donors (Lipinski definition) is 0. The first-order chi connectivity index (χ1) is 11.3. The van der Waals surface area contributed by atoms with Crippen molar-refractivity contribution in [2.75, 3.05) is 14.2 Å². The fourth-order valence-corrected chi connectivity index (χ4v) is 2.24. The summed E-state index contributed by atoms with van der Waals surface area (Å²) in [5.41, 5.74) is 2.97. The van der Waals surface area contributed by atoms with Crippen LogP contribution in [0.4, 0.5) is 5.69 Å². The maximum absolute atomic E-state index is 5.20. The minimum atomic E-state index is 0.801. The molecule has 0 spiro atoms. The number of rotatable bonds is 5. The molecule has 3 rings (SSSR count). The normalized spacial score (nSPS) is 10.9. The molecule has 4 heteroatoms. The molecule has 0 aliphatic carbocycles. The quantitative estimate of drug-likeness (QED) is 0.661. The van der Waals surface area contributed by atoms with Gasteiger partial charge in [-0.1, -0.05) is 6.07 Å². The van der Waals surface area contributed by atoms with Crippen LogP contribution in [0.3, 0.4) is 0 Å². The van der Waals surface area contributed by atoms with Gasteiger partial charge in [0.15, 0.2) is 0 Å². The molecule has 4 nitrogen and oxygen atoms in total. The van der Waals surface area contributed by atoms with Crippen molar-refractivity contribution in [2.24, 2.45) is 4.99 Å². The van der Waals surface area contributed by atoms with Gasteiger partial charge in [-0.05, 0) is 42.5 Å². The van der Waals surface area contributed by atoms with E-state index in [1.807, 2.05) is 77.8 Å². The minimum Gasteiger partial charge on any atom is -0.497 e. The van der Waals surface area contributed by atoms with E-state index in [0.717, 1.165) is 28.4 Å². The van der Waals surface area contributed by atoms with Gasteiger partial charge in [0.2, 0.25) is 0 Å². The Morgan fingerprint density at radius 3 is 2.43 bits per heavy atom. The van der Waals surface area contributed by atoms with Crippen LogP contribution >= 0.6 is 0 Å². The van der Waals surface area contributed by atoms with Crippen molar-refractivity contribution >= 4 is 11.9 Å². The van der Waals surface area contributed by atoms with Crippen LogP contribution in [0.5, 0.6) is 11.5 Å². The van der Waals surface area contributed by atoms with E-state index in [9.17, 15) is 0 Å². The summed E-state index contributed by atoms with van der Waals surface area (Å²) >= 11 is 0. The average Bonchev–Trinajstić information content (AvgIpc) is 3.09. The van der Waals surface area contributed by atoms with Crippen LogP contribution in [0.15, 0.2) is 72.0 Å². The van der Waals surface area contributed by atoms with Gasteiger partial charge in [0, 0.05) is 35.9 Å². The van der Waals surface area contributed by atoms with Gasteiger partial charge in [0.1, 0.15) is 11.5 Å². The summed E-state index contributed by atoms with van der Waals surface area (Å²) in [6.45, 7) is 0. The van der Waals surface area contributed by atoms with Crippen LogP contribution < -0.4 is 9.47 Å². The van der Waals surface area contributed by atoms with Crippen LogP contribution in [0.1, 0.15) is 5.56 Å². The molecule has 0 aliphatic heterocycles. The Labute approximate surface area is 135 Å².